The fourth-order valence-corrected chi connectivity index (χ4v) is 2.94. The van der Waals surface area contributed by atoms with Crippen molar-refractivity contribution in [1.82, 2.24) is 19.7 Å². The second-order valence-electron chi connectivity index (χ2n) is 5.30. The van der Waals surface area contributed by atoms with E-state index in [2.05, 4.69) is 27.3 Å². The van der Waals surface area contributed by atoms with E-state index in [1.165, 1.54) is 32.1 Å². The van der Waals surface area contributed by atoms with E-state index >= 15 is 0 Å². The van der Waals surface area contributed by atoms with Gasteiger partial charge in [-0.25, -0.2) is 9.97 Å². The molecular formula is C14H21N5. The molecule has 102 valence electrons. The number of aryl methyl sites for hydroxylation is 2. The van der Waals surface area contributed by atoms with Crippen LogP contribution in [0, 0.1) is 6.92 Å². The first-order chi connectivity index (χ1) is 9.29. The van der Waals surface area contributed by atoms with E-state index in [0.717, 1.165) is 29.1 Å². The number of hydrogen-bond donors (Lipinski definition) is 1. The zero-order valence-electron chi connectivity index (χ0n) is 11.7. The molecule has 1 aliphatic rings. The van der Waals surface area contributed by atoms with Crippen LogP contribution in [0.25, 0.3) is 11.0 Å². The number of rotatable bonds is 3. The minimum absolute atomic E-state index is 0.548. The summed E-state index contributed by atoms with van der Waals surface area (Å²) in [4.78, 5) is 8.81. The van der Waals surface area contributed by atoms with Crippen molar-refractivity contribution >= 4 is 16.9 Å². The molecule has 2 aromatic heterocycles. The molecule has 0 atom stereocenters. The maximum Gasteiger partial charge on any atom is 0.155 e. The second kappa shape index (κ2) is 5.15. The van der Waals surface area contributed by atoms with Gasteiger partial charge in [0.2, 0.25) is 0 Å². The van der Waals surface area contributed by atoms with Crippen LogP contribution in [-0.4, -0.2) is 25.8 Å². The van der Waals surface area contributed by atoms with Gasteiger partial charge in [0.25, 0.3) is 0 Å². The zero-order chi connectivity index (χ0) is 13.2. The molecule has 1 N–H and O–H groups in total. The summed E-state index contributed by atoms with van der Waals surface area (Å²) >= 11 is 0. The lowest BCUT2D eigenvalue weighted by Crippen LogP contribution is -2.23. The van der Waals surface area contributed by atoms with Gasteiger partial charge in [0.15, 0.2) is 5.82 Å². The Balaban J connectivity index is 1.97. The van der Waals surface area contributed by atoms with Gasteiger partial charge in [-0.1, -0.05) is 19.3 Å². The fourth-order valence-electron chi connectivity index (χ4n) is 2.94. The Kier molecular flexibility index (Phi) is 3.36. The third-order valence-corrected chi connectivity index (χ3v) is 3.94. The molecule has 1 saturated carbocycles. The van der Waals surface area contributed by atoms with Crippen molar-refractivity contribution in [3.05, 3.63) is 12.0 Å². The van der Waals surface area contributed by atoms with Crippen LogP contribution in [0.2, 0.25) is 0 Å². The Bertz CT molecular complexity index is 568. The summed E-state index contributed by atoms with van der Waals surface area (Å²) in [7, 11) is 0. The van der Waals surface area contributed by atoms with Gasteiger partial charge < -0.3 is 5.32 Å². The van der Waals surface area contributed by atoms with Crippen molar-refractivity contribution in [3.8, 4) is 0 Å². The molecule has 0 aromatic carbocycles. The van der Waals surface area contributed by atoms with Crippen LogP contribution in [0.3, 0.4) is 0 Å². The molecule has 0 saturated heterocycles. The number of anilines is 1. The van der Waals surface area contributed by atoms with Gasteiger partial charge in [-0.3, -0.25) is 4.68 Å². The lowest BCUT2D eigenvalue weighted by molar-refractivity contribution is 0.462. The SMILES string of the molecule is CCn1nc(C)c2ncnc(NC3CCCCC3)c21. The second-order valence-corrected chi connectivity index (χ2v) is 5.30. The lowest BCUT2D eigenvalue weighted by atomic mass is 9.95. The van der Waals surface area contributed by atoms with E-state index in [-0.39, 0.29) is 0 Å². The van der Waals surface area contributed by atoms with E-state index in [1.807, 2.05) is 11.6 Å². The van der Waals surface area contributed by atoms with Crippen LogP contribution in [0.4, 0.5) is 5.82 Å². The van der Waals surface area contributed by atoms with E-state index in [4.69, 9.17) is 0 Å². The van der Waals surface area contributed by atoms with E-state index < -0.39 is 0 Å². The maximum atomic E-state index is 4.54. The highest BCUT2D eigenvalue weighted by atomic mass is 15.3. The molecular weight excluding hydrogens is 238 g/mol. The molecule has 3 rings (SSSR count). The van der Waals surface area contributed by atoms with E-state index in [0.29, 0.717) is 6.04 Å². The molecule has 0 amide bonds. The third-order valence-electron chi connectivity index (χ3n) is 3.94. The maximum absolute atomic E-state index is 4.54. The Morgan fingerprint density at radius 1 is 1.26 bits per heavy atom. The average Bonchev–Trinajstić information content (AvgIpc) is 2.78. The number of fused-ring (bicyclic) bond motifs is 1. The average molecular weight is 259 g/mol. The predicted octanol–water partition coefficient (Wildman–Crippen LogP) is 2.90. The topological polar surface area (TPSA) is 55.6 Å². The van der Waals surface area contributed by atoms with Crippen LogP contribution >= 0.6 is 0 Å². The predicted molar refractivity (Wildman–Crippen MR) is 76.2 cm³/mol. The van der Waals surface area contributed by atoms with Crippen LogP contribution in [0.5, 0.6) is 0 Å². The summed E-state index contributed by atoms with van der Waals surface area (Å²) < 4.78 is 2.00. The van der Waals surface area contributed by atoms with E-state index in [9.17, 15) is 0 Å². The van der Waals surface area contributed by atoms with Gasteiger partial charge in [0.1, 0.15) is 17.4 Å². The molecule has 5 nitrogen and oxygen atoms in total. The first-order valence-electron chi connectivity index (χ1n) is 7.24. The van der Waals surface area contributed by atoms with Crippen molar-refractivity contribution in [3.63, 3.8) is 0 Å². The first-order valence-corrected chi connectivity index (χ1v) is 7.24. The smallest absolute Gasteiger partial charge is 0.155 e. The molecule has 0 radical (unpaired) electrons. The highest BCUT2D eigenvalue weighted by Gasteiger charge is 2.18. The van der Waals surface area contributed by atoms with Gasteiger partial charge in [-0.05, 0) is 26.7 Å². The highest BCUT2D eigenvalue weighted by Crippen LogP contribution is 2.26. The summed E-state index contributed by atoms with van der Waals surface area (Å²) in [6.45, 7) is 4.95. The number of hydrogen-bond acceptors (Lipinski definition) is 4. The Morgan fingerprint density at radius 3 is 2.79 bits per heavy atom. The van der Waals surface area contributed by atoms with Crippen molar-refractivity contribution in [2.75, 3.05) is 5.32 Å². The van der Waals surface area contributed by atoms with Crippen molar-refractivity contribution in [2.45, 2.75) is 58.5 Å². The Hall–Kier alpha value is -1.65. The summed E-state index contributed by atoms with van der Waals surface area (Å²) in [6, 6.07) is 0.548. The molecule has 2 heterocycles. The first kappa shape index (κ1) is 12.4. The summed E-state index contributed by atoms with van der Waals surface area (Å²) in [6.07, 6.45) is 8.12. The largest absolute Gasteiger partial charge is 0.365 e. The molecule has 5 heteroatoms. The molecule has 1 fully saturated rings. The van der Waals surface area contributed by atoms with Gasteiger partial charge in [0, 0.05) is 12.6 Å². The normalized spacial score (nSPS) is 16.9. The van der Waals surface area contributed by atoms with Crippen LogP contribution in [-0.2, 0) is 6.54 Å². The van der Waals surface area contributed by atoms with Crippen molar-refractivity contribution in [1.29, 1.82) is 0 Å². The summed E-state index contributed by atoms with van der Waals surface area (Å²) in [5.41, 5.74) is 2.99. The molecule has 0 bridgehead atoms. The molecule has 0 aliphatic heterocycles. The van der Waals surface area contributed by atoms with Gasteiger partial charge in [-0.2, -0.15) is 5.10 Å². The van der Waals surface area contributed by atoms with Gasteiger partial charge in [0.05, 0.1) is 5.69 Å². The number of aromatic nitrogens is 4. The molecule has 1 aliphatic carbocycles. The summed E-state index contributed by atoms with van der Waals surface area (Å²) in [5.74, 6) is 0.944. The molecule has 2 aromatic rings. The molecule has 0 unspecified atom stereocenters. The minimum atomic E-state index is 0.548. The minimum Gasteiger partial charge on any atom is -0.365 e. The Morgan fingerprint density at radius 2 is 2.05 bits per heavy atom. The van der Waals surface area contributed by atoms with Crippen molar-refractivity contribution < 1.29 is 0 Å². The van der Waals surface area contributed by atoms with E-state index in [1.54, 1.807) is 6.33 Å². The van der Waals surface area contributed by atoms with Crippen molar-refractivity contribution in [2.24, 2.45) is 0 Å². The van der Waals surface area contributed by atoms with Crippen LogP contribution < -0.4 is 5.32 Å². The Labute approximate surface area is 113 Å². The van der Waals surface area contributed by atoms with Crippen LogP contribution in [0.15, 0.2) is 6.33 Å². The van der Waals surface area contributed by atoms with Crippen LogP contribution in [0.1, 0.15) is 44.7 Å². The number of nitrogens with zero attached hydrogens (tertiary/aromatic N) is 4. The van der Waals surface area contributed by atoms with Gasteiger partial charge in [-0.15, -0.1) is 0 Å². The molecule has 0 spiro atoms. The third kappa shape index (κ3) is 2.29. The lowest BCUT2D eigenvalue weighted by Gasteiger charge is -2.23. The standard InChI is InChI=1S/C14H21N5/c1-3-19-13-12(10(2)18-19)15-9-16-14(13)17-11-7-5-4-6-8-11/h9,11H,3-8H2,1-2H3,(H,15,16,17). The zero-order valence-corrected chi connectivity index (χ0v) is 11.7. The fraction of sp³-hybridized carbons (Fsp3) is 0.643. The monoisotopic (exact) mass is 259 g/mol. The quantitative estimate of drug-likeness (QED) is 0.920. The highest BCUT2D eigenvalue weighted by molar-refractivity contribution is 5.87. The summed E-state index contributed by atoms with van der Waals surface area (Å²) in [5, 5.41) is 8.14. The molecule has 19 heavy (non-hydrogen) atoms. The van der Waals surface area contributed by atoms with Gasteiger partial charge >= 0.3 is 0 Å². The number of nitrogens with one attached hydrogen (secondary N) is 1.